The molecule has 7 rings (SSSR count). The zero-order chi connectivity index (χ0) is 48.7. The number of benzene rings is 2. The van der Waals surface area contributed by atoms with Crippen LogP contribution in [0.1, 0.15) is 157 Å². The van der Waals surface area contributed by atoms with Crippen molar-refractivity contribution in [3.63, 3.8) is 0 Å². The van der Waals surface area contributed by atoms with Crippen molar-refractivity contribution < 1.29 is 24.6 Å². The molecule has 366 valence electrons. The molecular formula is C54H72ClN7O5S. The molecule has 14 heteroatoms. The first kappa shape index (κ1) is 51.2. The molecule has 7 atom stereocenters. The van der Waals surface area contributed by atoms with Crippen LogP contribution in [-0.4, -0.2) is 97.4 Å². The number of nitrogens with one attached hydrogen (secondary N) is 1. The fraction of sp³-hybridized carbons (Fsp3) is 0.556. The number of unbranched alkanes of at least 4 members (excludes halogenated alkanes) is 5. The van der Waals surface area contributed by atoms with Gasteiger partial charge in [-0.05, 0) is 73.3 Å². The van der Waals surface area contributed by atoms with Gasteiger partial charge < -0.3 is 30.2 Å². The Morgan fingerprint density at radius 2 is 1.54 bits per heavy atom. The van der Waals surface area contributed by atoms with E-state index in [9.17, 15) is 24.6 Å². The van der Waals surface area contributed by atoms with Crippen LogP contribution < -0.4 is 10.2 Å². The number of β-amino-alcohol motifs (C(OH)–C–C–N with tert-alkyl or cyclic N) is 1. The van der Waals surface area contributed by atoms with Gasteiger partial charge in [0.15, 0.2) is 0 Å². The summed E-state index contributed by atoms with van der Waals surface area (Å²) in [4.78, 5) is 62.5. The number of halogens is 1. The van der Waals surface area contributed by atoms with Crippen molar-refractivity contribution in [3.05, 3.63) is 106 Å². The second-order valence-electron chi connectivity index (χ2n) is 20.6. The number of likely N-dealkylation sites (tertiary alicyclic amines) is 1. The highest BCUT2D eigenvalue weighted by atomic mass is 35.5. The van der Waals surface area contributed by atoms with Crippen LogP contribution in [0.15, 0.2) is 72.6 Å². The van der Waals surface area contributed by atoms with Crippen molar-refractivity contribution >= 4 is 46.4 Å². The van der Waals surface area contributed by atoms with E-state index in [0.717, 1.165) is 89.3 Å². The Morgan fingerprint density at radius 3 is 2.21 bits per heavy atom. The van der Waals surface area contributed by atoms with Gasteiger partial charge in [0.05, 0.1) is 45.9 Å². The van der Waals surface area contributed by atoms with Crippen molar-refractivity contribution in [1.82, 2.24) is 30.1 Å². The Bertz CT molecular complexity index is 2360. The van der Waals surface area contributed by atoms with Crippen molar-refractivity contribution in [3.8, 4) is 10.4 Å². The predicted octanol–water partition coefficient (Wildman–Crippen LogP) is 10.1. The number of aliphatic hydroxyl groups excluding tert-OH is 2. The summed E-state index contributed by atoms with van der Waals surface area (Å²) >= 11 is 7.88. The molecule has 0 unspecified atom stereocenters. The smallest absolute Gasteiger partial charge is 0.230 e. The molecule has 2 aliphatic heterocycles. The number of ketones is 1. The summed E-state index contributed by atoms with van der Waals surface area (Å²) in [6.45, 7) is 19.3. The van der Waals surface area contributed by atoms with Crippen LogP contribution in [0.2, 0.25) is 5.02 Å². The van der Waals surface area contributed by atoms with Gasteiger partial charge in [-0.15, -0.1) is 11.3 Å². The molecule has 3 aliphatic rings. The minimum atomic E-state index is -0.667. The van der Waals surface area contributed by atoms with E-state index in [0.29, 0.717) is 56.2 Å². The largest absolute Gasteiger partial charge is 0.391 e. The lowest BCUT2D eigenvalue weighted by Crippen LogP contribution is -2.50. The highest BCUT2D eigenvalue weighted by molar-refractivity contribution is 7.13. The number of aliphatic hydroxyl groups is 2. The predicted molar refractivity (Wildman–Crippen MR) is 272 cm³/mol. The third-order valence-electron chi connectivity index (χ3n) is 14.5. The Morgan fingerprint density at radius 1 is 0.882 bits per heavy atom. The van der Waals surface area contributed by atoms with Crippen LogP contribution in [0.5, 0.6) is 0 Å². The van der Waals surface area contributed by atoms with E-state index in [1.165, 1.54) is 0 Å². The Balaban J connectivity index is 0.847. The molecule has 0 bridgehead atoms. The van der Waals surface area contributed by atoms with Crippen molar-refractivity contribution in [2.24, 2.45) is 11.3 Å². The van der Waals surface area contributed by atoms with E-state index in [1.54, 1.807) is 22.6 Å². The van der Waals surface area contributed by atoms with Gasteiger partial charge in [-0.3, -0.25) is 14.4 Å². The summed E-state index contributed by atoms with van der Waals surface area (Å²) in [5, 5.41) is 25.5. The van der Waals surface area contributed by atoms with Gasteiger partial charge in [0.25, 0.3) is 0 Å². The summed E-state index contributed by atoms with van der Waals surface area (Å²) in [5.41, 5.74) is 8.07. The van der Waals surface area contributed by atoms with Crippen LogP contribution >= 0.6 is 22.9 Å². The number of nitrogens with zero attached hydrogens (tertiary/aromatic N) is 6. The molecule has 68 heavy (non-hydrogen) atoms. The van der Waals surface area contributed by atoms with E-state index >= 15 is 0 Å². The first-order valence-corrected chi connectivity index (χ1v) is 26.0. The van der Waals surface area contributed by atoms with Gasteiger partial charge in [-0.2, -0.15) is 0 Å². The summed E-state index contributed by atoms with van der Waals surface area (Å²) in [6.07, 6.45) is 8.32. The van der Waals surface area contributed by atoms with Crippen molar-refractivity contribution in [2.45, 2.75) is 148 Å². The maximum atomic E-state index is 14.3. The molecule has 2 fully saturated rings. The highest BCUT2D eigenvalue weighted by Crippen LogP contribution is 2.43. The molecular weight excluding hydrogens is 894 g/mol. The molecule has 2 aromatic carbocycles. The number of piperazine rings is 1. The average molecular weight is 967 g/mol. The average Bonchev–Trinajstić information content (AvgIpc) is 4.02. The third-order valence-corrected chi connectivity index (χ3v) is 15.7. The van der Waals surface area contributed by atoms with E-state index < -0.39 is 23.5 Å². The number of carbonyl (C=O) groups is 3. The molecule has 0 spiro atoms. The van der Waals surface area contributed by atoms with E-state index in [-0.39, 0.29) is 54.5 Å². The number of fused-ring (bicyclic) bond motifs is 1. The summed E-state index contributed by atoms with van der Waals surface area (Å²) in [7, 11) is 0. The summed E-state index contributed by atoms with van der Waals surface area (Å²) in [6, 6.07) is 15.6. The number of hydrogen-bond donors (Lipinski definition) is 3. The molecule has 1 aliphatic carbocycles. The van der Waals surface area contributed by atoms with Crippen LogP contribution in [0, 0.1) is 18.3 Å². The molecule has 2 amide bonds. The number of Topliss-reactive ketones (excluding diaryl/α,β-unsaturated/α-hetero) is 1. The zero-order valence-electron chi connectivity index (χ0n) is 40.9. The van der Waals surface area contributed by atoms with Crippen LogP contribution in [0.4, 0.5) is 5.82 Å². The Hall–Kier alpha value is -4.69. The van der Waals surface area contributed by atoms with Gasteiger partial charge >= 0.3 is 0 Å². The first-order chi connectivity index (χ1) is 32.5. The standard InChI is InChI=1S/C54H72ClN7O5S/c1-34-28-47(65)49-48(34)51(57-32-56-49)60-24-26-61(27-25-60)52(66)44(39-20-22-41(55)23-21-39)15-13-11-9-8-10-12-14-42(63)29-45(54(5,6)7)53(67)62-31-43(64)30-46(62)36(3)59-35(2)38-16-18-40(19-17-38)50-37(4)58-33-68-50/h16-23,32-35,43-47,59,64-65H,3,8-15,24-31H2,1-2,4-7H3/t34-,35+,43-,44-,45-,46+,47-/m1/s1. The number of aryl methyl sites for hydroxylation is 1. The fourth-order valence-electron chi connectivity index (χ4n) is 10.5. The number of amides is 2. The van der Waals surface area contributed by atoms with Gasteiger partial charge in [0.2, 0.25) is 11.8 Å². The minimum absolute atomic E-state index is 0.0677. The number of hydrogen-bond acceptors (Lipinski definition) is 11. The molecule has 0 saturated carbocycles. The van der Waals surface area contributed by atoms with Crippen molar-refractivity contribution in [2.75, 3.05) is 37.6 Å². The second-order valence-corrected chi connectivity index (χ2v) is 21.9. The quantitative estimate of drug-likeness (QED) is 0.0730. The van der Waals surface area contributed by atoms with Gasteiger partial charge in [-0.25, -0.2) is 15.0 Å². The summed E-state index contributed by atoms with van der Waals surface area (Å²) < 4.78 is 0. The van der Waals surface area contributed by atoms with Gasteiger partial charge in [0, 0.05) is 80.2 Å². The Labute approximate surface area is 412 Å². The van der Waals surface area contributed by atoms with Crippen LogP contribution in [0.3, 0.4) is 0 Å². The van der Waals surface area contributed by atoms with Gasteiger partial charge in [0.1, 0.15) is 17.9 Å². The molecule has 0 radical (unpaired) electrons. The maximum Gasteiger partial charge on any atom is 0.230 e. The van der Waals surface area contributed by atoms with E-state index in [1.807, 2.05) is 62.4 Å². The molecule has 2 aromatic heterocycles. The van der Waals surface area contributed by atoms with Crippen LogP contribution in [-0.2, 0) is 14.4 Å². The van der Waals surface area contributed by atoms with E-state index in [4.69, 9.17) is 11.6 Å². The maximum absolute atomic E-state index is 14.3. The third kappa shape index (κ3) is 12.4. The minimum Gasteiger partial charge on any atom is -0.391 e. The topological polar surface area (TPSA) is 152 Å². The van der Waals surface area contributed by atoms with Crippen molar-refractivity contribution in [1.29, 1.82) is 0 Å². The molecule has 12 nitrogen and oxygen atoms in total. The number of carbonyl (C=O) groups excluding carboxylic acids is 3. The lowest BCUT2D eigenvalue weighted by atomic mass is 9.76. The molecule has 4 aromatic rings. The normalized spacial score (nSPS) is 20.8. The SMILES string of the molecule is C=C(N[C@@H](C)c1ccc(-c2scnc2C)cc1)[C@@H]1C[C@@H](O)CN1C(=O)[C@@H](CC(=O)CCCCCCCC[C@@H](C(=O)N1CCN(c2ncnc3c2[C@H](C)C[C@H]3O)CC1)c1ccc(Cl)cc1)C(C)(C)C. The van der Waals surface area contributed by atoms with Gasteiger partial charge in [-0.1, -0.05) is 114 Å². The monoisotopic (exact) mass is 966 g/mol. The summed E-state index contributed by atoms with van der Waals surface area (Å²) in [5.74, 6) is 0.416. The molecule has 4 heterocycles. The Kier molecular flexibility index (Phi) is 17.2. The first-order valence-electron chi connectivity index (χ1n) is 24.8. The lowest BCUT2D eigenvalue weighted by molar-refractivity contribution is -0.142. The second kappa shape index (κ2) is 22.8. The van der Waals surface area contributed by atoms with Crippen LogP contribution in [0.25, 0.3) is 10.4 Å². The number of thiazole rings is 1. The molecule has 2 saturated heterocycles. The lowest BCUT2D eigenvalue weighted by Gasteiger charge is -2.38. The highest BCUT2D eigenvalue weighted by Gasteiger charge is 2.43. The van der Waals surface area contributed by atoms with E-state index in [2.05, 4.69) is 69.9 Å². The molecule has 3 N–H and O–H groups in total. The number of aromatic nitrogens is 3. The number of anilines is 1. The fourth-order valence-corrected chi connectivity index (χ4v) is 11.4. The number of rotatable bonds is 20. The zero-order valence-corrected chi connectivity index (χ0v) is 42.5.